The number of hydrogen-bond acceptors (Lipinski definition) is 7. The van der Waals surface area contributed by atoms with Crippen LogP contribution in [0.4, 0.5) is 5.69 Å². The van der Waals surface area contributed by atoms with Crippen LogP contribution in [0, 0.1) is 0 Å². The van der Waals surface area contributed by atoms with Gasteiger partial charge in [0, 0.05) is 38.7 Å². The van der Waals surface area contributed by atoms with Crippen molar-refractivity contribution in [3.8, 4) is 28.4 Å². The van der Waals surface area contributed by atoms with Crippen LogP contribution in [0.25, 0.3) is 17.2 Å². The summed E-state index contributed by atoms with van der Waals surface area (Å²) < 4.78 is 17.2. The highest BCUT2D eigenvalue weighted by Crippen LogP contribution is 2.50. The maximum atomic E-state index is 13.8. The van der Waals surface area contributed by atoms with Gasteiger partial charge >= 0.3 is 0 Å². The number of aryl methyl sites for hydroxylation is 1. The number of piperazine rings is 1. The minimum absolute atomic E-state index is 0.0715. The Balaban J connectivity index is 1.53. The molecule has 0 radical (unpaired) electrons. The fourth-order valence-corrected chi connectivity index (χ4v) is 5.83. The number of methoxy groups -OCH3 is 3. The van der Waals surface area contributed by atoms with Gasteiger partial charge in [0.25, 0.3) is 0 Å². The van der Waals surface area contributed by atoms with E-state index < -0.39 is 0 Å². The molecule has 214 valence electrons. The van der Waals surface area contributed by atoms with Crippen molar-refractivity contribution in [2.75, 3.05) is 52.4 Å². The van der Waals surface area contributed by atoms with Crippen molar-refractivity contribution in [2.24, 2.45) is 0 Å². The van der Waals surface area contributed by atoms with E-state index >= 15 is 0 Å². The van der Waals surface area contributed by atoms with E-state index in [9.17, 15) is 9.59 Å². The standard InChI is InChI=1S/C33H37N3O5/c1-22(37)34-27-12-10-24-20-30(39-2)32(40-3)33(41-4)31(24)25-11-13-28(29(38)21-26(25)27)36-18-16-35(17-19-36)15-14-23-8-6-5-7-9-23/h5-9,11,13-15,20-21,27H,10,12,16-19H2,1-4H3,(H,34,37)/t27-/m0/s1. The summed E-state index contributed by atoms with van der Waals surface area (Å²) in [4.78, 5) is 30.4. The normalized spacial score (nSPS) is 16.4. The highest BCUT2D eigenvalue weighted by molar-refractivity contribution is 5.83. The third-order valence-electron chi connectivity index (χ3n) is 7.83. The second-order valence-electron chi connectivity index (χ2n) is 10.3. The van der Waals surface area contributed by atoms with Crippen molar-refractivity contribution in [1.82, 2.24) is 10.2 Å². The smallest absolute Gasteiger partial charge is 0.217 e. The number of anilines is 1. The topological polar surface area (TPSA) is 80.3 Å². The van der Waals surface area contributed by atoms with Gasteiger partial charge in [0.05, 0.1) is 33.1 Å². The predicted molar refractivity (Wildman–Crippen MR) is 162 cm³/mol. The van der Waals surface area contributed by atoms with Crippen molar-refractivity contribution in [1.29, 1.82) is 0 Å². The number of benzene rings is 2. The molecule has 41 heavy (non-hydrogen) atoms. The second-order valence-corrected chi connectivity index (χ2v) is 10.3. The van der Waals surface area contributed by atoms with Crippen molar-refractivity contribution < 1.29 is 19.0 Å². The van der Waals surface area contributed by atoms with Crippen molar-refractivity contribution >= 4 is 17.7 Å². The van der Waals surface area contributed by atoms with Gasteiger partial charge in [-0.3, -0.25) is 9.59 Å². The second kappa shape index (κ2) is 12.4. The van der Waals surface area contributed by atoms with Crippen LogP contribution in [0.15, 0.2) is 65.6 Å². The first-order chi connectivity index (χ1) is 19.9. The molecule has 0 saturated carbocycles. The Morgan fingerprint density at radius 1 is 0.927 bits per heavy atom. The molecule has 3 aromatic carbocycles. The SMILES string of the molecule is COc1cc2c(c(OC)c1OC)-c1ccc(N3CCN(C=Cc4ccccc4)CC3)c(=O)cc1[C@@H](NC(C)=O)CC2. The van der Waals surface area contributed by atoms with E-state index in [1.807, 2.05) is 36.4 Å². The molecule has 1 fully saturated rings. The fraction of sp³-hybridized carbons (Fsp3) is 0.333. The Morgan fingerprint density at radius 3 is 2.32 bits per heavy atom. The van der Waals surface area contributed by atoms with Crippen LogP contribution in [0.1, 0.15) is 36.1 Å². The van der Waals surface area contributed by atoms with E-state index in [-0.39, 0.29) is 17.4 Å². The van der Waals surface area contributed by atoms with Gasteiger partial charge in [0.1, 0.15) is 0 Å². The lowest BCUT2D eigenvalue weighted by atomic mass is 9.95. The molecule has 1 amide bonds. The first kappa shape index (κ1) is 28.1. The molecule has 1 aliphatic heterocycles. The summed E-state index contributed by atoms with van der Waals surface area (Å²) in [6.07, 6.45) is 5.53. The first-order valence-electron chi connectivity index (χ1n) is 13.9. The van der Waals surface area contributed by atoms with Crippen LogP contribution >= 0.6 is 0 Å². The van der Waals surface area contributed by atoms with Crippen molar-refractivity contribution in [3.63, 3.8) is 0 Å². The molecule has 8 nitrogen and oxygen atoms in total. The van der Waals surface area contributed by atoms with Crippen LogP contribution in [0.5, 0.6) is 17.2 Å². The van der Waals surface area contributed by atoms with Crippen LogP contribution in [0.2, 0.25) is 0 Å². The Bertz CT molecular complexity index is 1500. The van der Waals surface area contributed by atoms with Gasteiger partial charge in [0.2, 0.25) is 17.1 Å². The Labute approximate surface area is 241 Å². The molecule has 0 bridgehead atoms. The van der Waals surface area contributed by atoms with Gasteiger partial charge in [-0.1, -0.05) is 36.4 Å². The number of ether oxygens (including phenoxy) is 3. The molecular weight excluding hydrogens is 518 g/mol. The summed E-state index contributed by atoms with van der Waals surface area (Å²) >= 11 is 0. The zero-order valence-electron chi connectivity index (χ0n) is 24.1. The Kier molecular flexibility index (Phi) is 8.47. The van der Waals surface area contributed by atoms with Crippen LogP contribution in [-0.4, -0.2) is 58.3 Å². The molecule has 1 aliphatic carbocycles. The van der Waals surface area contributed by atoms with E-state index in [1.54, 1.807) is 27.4 Å². The number of nitrogens with zero attached hydrogens (tertiary/aromatic N) is 2. The zero-order valence-corrected chi connectivity index (χ0v) is 24.1. The van der Waals surface area contributed by atoms with Crippen molar-refractivity contribution in [2.45, 2.75) is 25.8 Å². The highest BCUT2D eigenvalue weighted by atomic mass is 16.5. The summed E-state index contributed by atoms with van der Waals surface area (Å²) in [6.45, 7) is 4.57. The third kappa shape index (κ3) is 5.87. The summed E-state index contributed by atoms with van der Waals surface area (Å²) in [5.41, 5.74) is 5.20. The van der Waals surface area contributed by atoms with E-state index in [0.717, 1.165) is 54.0 Å². The number of hydrogen-bond donors (Lipinski definition) is 1. The maximum absolute atomic E-state index is 13.8. The van der Waals surface area contributed by atoms with Gasteiger partial charge in [-0.2, -0.15) is 0 Å². The quantitative estimate of drug-likeness (QED) is 0.454. The summed E-state index contributed by atoms with van der Waals surface area (Å²) in [6, 6.07) is 17.5. The molecule has 8 heteroatoms. The van der Waals surface area contributed by atoms with E-state index in [4.69, 9.17) is 14.2 Å². The molecule has 0 spiro atoms. The molecule has 0 aromatic heterocycles. The lowest BCUT2D eigenvalue weighted by Gasteiger charge is -2.35. The molecule has 3 aromatic rings. The lowest BCUT2D eigenvalue weighted by Crippen LogP contribution is -2.45. The average Bonchev–Trinajstić information content (AvgIpc) is 3.24. The average molecular weight is 556 g/mol. The molecule has 1 N–H and O–H groups in total. The molecule has 1 atom stereocenters. The number of fused-ring (bicyclic) bond motifs is 3. The van der Waals surface area contributed by atoms with E-state index in [0.29, 0.717) is 35.8 Å². The molecular formula is C33H37N3O5. The summed E-state index contributed by atoms with van der Waals surface area (Å²) in [5.74, 6) is 1.47. The van der Waals surface area contributed by atoms with E-state index in [2.05, 4.69) is 39.5 Å². The summed E-state index contributed by atoms with van der Waals surface area (Å²) in [7, 11) is 4.78. The Morgan fingerprint density at radius 2 is 1.66 bits per heavy atom. The van der Waals surface area contributed by atoms with Gasteiger partial charge in [-0.25, -0.2) is 0 Å². The fourth-order valence-electron chi connectivity index (χ4n) is 5.83. The molecule has 1 heterocycles. The molecule has 0 unspecified atom stereocenters. The number of carbonyl (C=O) groups is 1. The van der Waals surface area contributed by atoms with Crippen molar-refractivity contribution in [3.05, 3.63) is 87.7 Å². The van der Waals surface area contributed by atoms with E-state index in [1.165, 1.54) is 6.92 Å². The number of carbonyl (C=O) groups excluding carboxylic acids is 1. The maximum Gasteiger partial charge on any atom is 0.217 e. The number of nitrogens with one attached hydrogen (secondary N) is 1. The number of rotatable bonds is 7. The van der Waals surface area contributed by atoms with Gasteiger partial charge in [-0.15, -0.1) is 0 Å². The molecule has 5 rings (SSSR count). The minimum Gasteiger partial charge on any atom is -0.493 e. The van der Waals surface area contributed by atoms with Gasteiger partial charge in [0.15, 0.2) is 11.5 Å². The highest BCUT2D eigenvalue weighted by Gasteiger charge is 2.30. The third-order valence-corrected chi connectivity index (χ3v) is 7.83. The monoisotopic (exact) mass is 555 g/mol. The lowest BCUT2D eigenvalue weighted by molar-refractivity contribution is -0.119. The molecule has 1 saturated heterocycles. The molecule has 2 aliphatic rings. The van der Waals surface area contributed by atoms with Crippen LogP contribution < -0.4 is 29.9 Å². The van der Waals surface area contributed by atoms with Gasteiger partial charge < -0.3 is 29.3 Å². The largest absolute Gasteiger partial charge is 0.493 e. The van der Waals surface area contributed by atoms with Crippen LogP contribution in [0.3, 0.4) is 0 Å². The zero-order chi connectivity index (χ0) is 28.9. The first-order valence-corrected chi connectivity index (χ1v) is 13.9. The van der Waals surface area contributed by atoms with Gasteiger partial charge in [-0.05, 0) is 65.6 Å². The Hall–Kier alpha value is -4.46. The van der Waals surface area contributed by atoms with Crippen LogP contribution in [-0.2, 0) is 11.2 Å². The minimum atomic E-state index is -0.329. The predicted octanol–water partition coefficient (Wildman–Crippen LogP) is 4.66. The number of amides is 1. The summed E-state index contributed by atoms with van der Waals surface area (Å²) in [5, 5.41) is 3.07.